The van der Waals surface area contributed by atoms with Crippen molar-refractivity contribution in [3.8, 4) is 0 Å². The summed E-state index contributed by atoms with van der Waals surface area (Å²) >= 11 is 0. The molecule has 0 fully saturated rings. The van der Waals surface area contributed by atoms with Gasteiger partial charge in [0.25, 0.3) is 0 Å². The molecule has 0 radical (unpaired) electrons. The van der Waals surface area contributed by atoms with Crippen LogP contribution >= 0.6 is 0 Å². The second kappa shape index (κ2) is 5.14. The number of nitrogens with zero attached hydrogens (tertiary/aromatic N) is 1. The lowest BCUT2D eigenvalue weighted by Gasteiger charge is -2.20. The zero-order valence-electron chi connectivity index (χ0n) is 11.1. The zero-order valence-corrected chi connectivity index (χ0v) is 11.1. The fraction of sp³-hybridized carbons (Fsp3) is 0.294. The summed E-state index contributed by atoms with van der Waals surface area (Å²) in [7, 11) is 0. The molecule has 3 rings (SSSR count). The summed E-state index contributed by atoms with van der Waals surface area (Å²) in [5.41, 5.74) is 4.08. The van der Waals surface area contributed by atoms with E-state index < -0.39 is 0 Å². The molecule has 1 heterocycles. The van der Waals surface area contributed by atoms with E-state index in [2.05, 4.69) is 36.1 Å². The standard InChI is InChI=1S/C17H18FN/c1-13(14-6-8-17(18)9-7-14)10-19-11-15-4-2-3-5-16(15)12-19/h2-9,13H,10-12H2,1H3/t13-/m1/s1. The highest BCUT2D eigenvalue weighted by atomic mass is 19.1. The van der Waals surface area contributed by atoms with Crippen molar-refractivity contribution in [3.63, 3.8) is 0 Å². The Balaban J connectivity index is 1.66. The lowest BCUT2D eigenvalue weighted by molar-refractivity contribution is 0.269. The van der Waals surface area contributed by atoms with Crippen molar-refractivity contribution in [1.29, 1.82) is 0 Å². The van der Waals surface area contributed by atoms with E-state index in [0.717, 1.165) is 19.6 Å². The van der Waals surface area contributed by atoms with Gasteiger partial charge in [-0.3, -0.25) is 4.90 Å². The van der Waals surface area contributed by atoms with E-state index in [1.54, 1.807) is 12.1 Å². The smallest absolute Gasteiger partial charge is 0.123 e. The van der Waals surface area contributed by atoms with E-state index in [-0.39, 0.29) is 5.82 Å². The van der Waals surface area contributed by atoms with Gasteiger partial charge in [-0.25, -0.2) is 4.39 Å². The van der Waals surface area contributed by atoms with E-state index in [1.165, 1.54) is 16.7 Å². The molecule has 1 nitrogen and oxygen atoms in total. The van der Waals surface area contributed by atoms with Crippen molar-refractivity contribution >= 4 is 0 Å². The van der Waals surface area contributed by atoms with Crippen molar-refractivity contribution in [2.45, 2.75) is 25.9 Å². The summed E-state index contributed by atoms with van der Waals surface area (Å²) < 4.78 is 12.9. The summed E-state index contributed by atoms with van der Waals surface area (Å²) in [6.45, 7) is 5.28. The van der Waals surface area contributed by atoms with Crippen LogP contribution in [0.25, 0.3) is 0 Å². The molecule has 98 valence electrons. The molecule has 0 aromatic heterocycles. The lowest BCUT2D eigenvalue weighted by Crippen LogP contribution is -2.22. The summed E-state index contributed by atoms with van der Waals surface area (Å²) in [6.07, 6.45) is 0. The molecule has 1 aliphatic rings. The Bertz CT molecular complexity index is 537. The molecule has 0 aliphatic carbocycles. The Morgan fingerprint density at radius 1 is 1.00 bits per heavy atom. The van der Waals surface area contributed by atoms with Crippen LogP contribution in [0.4, 0.5) is 4.39 Å². The van der Waals surface area contributed by atoms with Crippen LogP contribution in [0.3, 0.4) is 0 Å². The van der Waals surface area contributed by atoms with Crippen LogP contribution in [0.1, 0.15) is 29.5 Å². The fourth-order valence-electron chi connectivity index (χ4n) is 2.82. The highest BCUT2D eigenvalue weighted by Crippen LogP contribution is 2.25. The molecule has 2 aromatic carbocycles. The summed E-state index contributed by atoms with van der Waals surface area (Å²) in [6, 6.07) is 15.5. The van der Waals surface area contributed by atoms with Crippen molar-refractivity contribution in [2.75, 3.05) is 6.54 Å². The minimum atomic E-state index is -0.162. The highest BCUT2D eigenvalue weighted by molar-refractivity contribution is 5.30. The van der Waals surface area contributed by atoms with Gasteiger partial charge in [-0.1, -0.05) is 43.3 Å². The molecular weight excluding hydrogens is 237 g/mol. The second-order valence-electron chi connectivity index (χ2n) is 5.39. The summed E-state index contributed by atoms with van der Waals surface area (Å²) in [5.74, 6) is 0.263. The lowest BCUT2D eigenvalue weighted by atomic mass is 10.0. The van der Waals surface area contributed by atoms with Gasteiger partial charge in [-0.05, 0) is 34.7 Å². The summed E-state index contributed by atoms with van der Waals surface area (Å²) in [4.78, 5) is 2.46. The molecule has 1 atom stereocenters. The number of rotatable bonds is 3. The monoisotopic (exact) mass is 255 g/mol. The third kappa shape index (κ3) is 2.69. The molecule has 2 aromatic rings. The van der Waals surface area contributed by atoms with Gasteiger partial charge in [-0.15, -0.1) is 0 Å². The average molecular weight is 255 g/mol. The first-order valence-electron chi connectivity index (χ1n) is 6.77. The Morgan fingerprint density at radius 3 is 2.16 bits per heavy atom. The van der Waals surface area contributed by atoms with Gasteiger partial charge in [0.05, 0.1) is 0 Å². The average Bonchev–Trinajstić information content (AvgIpc) is 2.81. The first kappa shape index (κ1) is 12.4. The van der Waals surface area contributed by atoms with Crippen LogP contribution in [-0.4, -0.2) is 11.4 Å². The van der Waals surface area contributed by atoms with Gasteiger partial charge in [0.2, 0.25) is 0 Å². The van der Waals surface area contributed by atoms with Gasteiger partial charge in [-0.2, -0.15) is 0 Å². The Kier molecular flexibility index (Phi) is 3.34. The van der Waals surface area contributed by atoms with Gasteiger partial charge in [0.1, 0.15) is 5.82 Å². The van der Waals surface area contributed by atoms with Crippen LogP contribution in [0.2, 0.25) is 0 Å². The zero-order chi connectivity index (χ0) is 13.2. The second-order valence-corrected chi connectivity index (χ2v) is 5.39. The van der Waals surface area contributed by atoms with Gasteiger partial charge < -0.3 is 0 Å². The van der Waals surface area contributed by atoms with Crippen molar-refractivity contribution in [1.82, 2.24) is 4.90 Å². The molecule has 0 amide bonds. The minimum Gasteiger partial charge on any atom is -0.294 e. The molecule has 0 unspecified atom stereocenters. The SMILES string of the molecule is C[C@H](CN1Cc2ccccc2C1)c1ccc(F)cc1. The predicted octanol–water partition coefficient (Wildman–Crippen LogP) is 3.95. The topological polar surface area (TPSA) is 3.24 Å². The number of benzene rings is 2. The van der Waals surface area contributed by atoms with E-state index in [9.17, 15) is 4.39 Å². The highest BCUT2D eigenvalue weighted by Gasteiger charge is 2.20. The summed E-state index contributed by atoms with van der Waals surface area (Å²) in [5, 5.41) is 0. The Morgan fingerprint density at radius 2 is 1.58 bits per heavy atom. The molecular formula is C17H18FN. The van der Waals surface area contributed by atoms with Crippen LogP contribution in [0.15, 0.2) is 48.5 Å². The Labute approximate surface area is 113 Å². The van der Waals surface area contributed by atoms with E-state index >= 15 is 0 Å². The minimum absolute atomic E-state index is 0.162. The first-order valence-corrected chi connectivity index (χ1v) is 6.77. The molecule has 0 bridgehead atoms. The molecule has 1 aliphatic heterocycles. The van der Waals surface area contributed by atoms with Gasteiger partial charge >= 0.3 is 0 Å². The molecule has 2 heteroatoms. The maximum absolute atomic E-state index is 12.9. The molecule has 19 heavy (non-hydrogen) atoms. The predicted molar refractivity (Wildman–Crippen MR) is 75.4 cm³/mol. The van der Waals surface area contributed by atoms with E-state index in [4.69, 9.17) is 0 Å². The van der Waals surface area contributed by atoms with Gasteiger partial charge in [0.15, 0.2) is 0 Å². The number of hydrogen-bond donors (Lipinski definition) is 0. The molecule has 0 N–H and O–H groups in total. The van der Waals surface area contributed by atoms with Crippen molar-refractivity contribution in [2.24, 2.45) is 0 Å². The number of halogens is 1. The number of hydrogen-bond acceptors (Lipinski definition) is 1. The fourth-order valence-corrected chi connectivity index (χ4v) is 2.82. The number of fused-ring (bicyclic) bond motifs is 1. The molecule has 0 saturated carbocycles. The van der Waals surface area contributed by atoms with Crippen LogP contribution in [-0.2, 0) is 13.1 Å². The quantitative estimate of drug-likeness (QED) is 0.803. The normalized spacial score (nSPS) is 16.3. The van der Waals surface area contributed by atoms with E-state index in [1.807, 2.05) is 12.1 Å². The Hall–Kier alpha value is -1.67. The third-order valence-corrected chi connectivity index (χ3v) is 3.88. The molecule has 0 saturated heterocycles. The molecule has 0 spiro atoms. The van der Waals surface area contributed by atoms with Crippen LogP contribution in [0.5, 0.6) is 0 Å². The van der Waals surface area contributed by atoms with Gasteiger partial charge in [0, 0.05) is 19.6 Å². The maximum Gasteiger partial charge on any atom is 0.123 e. The van der Waals surface area contributed by atoms with Crippen LogP contribution < -0.4 is 0 Å². The third-order valence-electron chi connectivity index (χ3n) is 3.88. The van der Waals surface area contributed by atoms with Crippen LogP contribution in [0, 0.1) is 5.82 Å². The van der Waals surface area contributed by atoms with Crippen molar-refractivity contribution < 1.29 is 4.39 Å². The van der Waals surface area contributed by atoms with E-state index in [0.29, 0.717) is 5.92 Å². The first-order chi connectivity index (χ1) is 9.22. The largest absolute Gasteiger partial charge is 0.294 e. The maximum atomic E-state index is 12.9. The van der Waals surface area contributed by atoms with Crippen molar-refractivity contribution in [3.05, 3.63) is 71.0 Å².